The molecular weight excluding hydrogens is 378 g/mol. The molecule has 0 aromatic heterocycles. The van der Waals surface area contributed by atoms with Crippen molar-refractivity contribution in [2.75, 3.05) is 11.9 Å². The number of Topliss-reactive ketones (excluding diaryl/α,β-unsaturated/α-hetero) is 1. The van der Waals surface area contributed by atoms with Crippen molar-refractivity contribution in [2.24, 2.45) is 5.73 Å². The number of carbonyl (C=O) groups excluding carboxylic acids is 2. The van der Waals surface area contributed by atoms with E-state index < -0.39 is 5.41 Å². The van der Waals surface area contributed by atoms with Crippen molar-refractivity contribution in [2.45, 2.75) is 24.2 Å². The van der Waals surface area contributed by atoms with Gasteiger partial charge >= 0.3 is 0 Å². The molecule has 2 atom stereocenters. The zero-order valence-electron chi connectivity index (χ0n) is 16.4. The van der Waals surface area contributed by atoms with Crippen molar-refractivity contribution in [3.8, 4) is 6.07 Å². The molecular formula is C24H19N3O3. The van der Waals surface area contributed by atoms with Gasteiger partial charge in [-0.15, -0.1) is 0 Å². The van der Waals surface area contributed by atoms with Crippen LogP contribution >= 0.6 is 0 Å². The number of nitriles is 1. The fourth-order valence-corrected chi connectivity index (χ4v) is 5.03. The predicted octanol–water partition coefficient (Wildman–Crippen LogP) is 3.03. The smallest absolute Gasteiger partial charge is 0.247 e. The van der Waals surface area contributed by atoms with Gasteiger partial charge in [0, 0.05) is 31.1 Å². The SMILES string of the molecule is CN1C(=O)[C@]2(C(C#N)=C(N)OC3=C2C(=O)C[C@@H](c2ccccc2)C3)c2ccccc21. The molecule has 1 amide bonds. The van der Waals surface area contributed by atoms with Crippen molar-refractivity contribution >= 4 is 17.4 Å². The molecule has 0 saturated heterocycles. The number of nitrogens with two attached hydrogens (primary N) is 1. The molecule has 5 rings (SSSR count). The molecule has 6 nitrogen and oxygen atoms in total. The number of anilines is 1. The highest BCUT2D eigenvalue weighted by molar-refractivity contribution is 6.19. The van der Waals surface area contributed by atoms with Crippen LogP contribution in [0.15, 0.2) is 77.4 Å². The van der Waals surface area contributed by atoms with Gasteiger partial charge in [-0.05, 0) is 17.5 Å². The van der Waals surface area contributed by atoms with Gasteiger partial charge in [0.25, 0.3) is 0 Å². The molecule has 2 heterocycles. The van der Waals surface area contributed by atoms with Gasteiger partial charge in [0.2, 0.25) is 11.8 Å². The lowest BCUT2D eigenvalue weighted by molar-refractivity contribution is -0.124. The van der Waals surface area contributed by atoms with Crippen LogP contribution in [0.2, 0.25) is 0 Å². The number of benzene rings is 2. The maximum atomic E-state index is 13.6. The molecule has 0 radical (unpaired) electrons. The standard InChI is InChI=1S/C24H19N3O3/c1-27-18-10-6-5-9-16(18)24(23(27)29)17(13-25)22(26)30-20-12-15(11-19(28)21(20)24)14-7-3-2-4-8-14/h2-10,15H,11-12,26H2,1H3/t15-,24+/m1/s1. The van der Waals surface area contributed by atoms with E-state index in [9.17, 15) is 14.9 Å². The molecule has 3 aliphatic rings. The summed E-state index contributed by atoms with van der Waals surface area (Å²) in [6.07, 6.45) is 0.678. The van der Waals surface area contributed by atoms with Gasteiger partial charge < -0.3 is 15.4 Å². The minimum atomic E-state index is -1.55. The van der Waals surface area contributed by atoms with Gasteiger partial charge in [0.15, 0.2) is 5.78 Å². The van der Waals surface area contributed by atoms with Crippen LogP contribution in [-0.2, 0) is 19.7 Å². The third-order valence-electron chi connectivity index (χ3n) is 6.33. The molecule has 0 unspecified atom stereocenters. The molecule has 0 fully saturated rings. The summed E-state index contributed by atoms with van der Waals surface area (Å²) in [6.45, 7) is 0. The van der Waals surface area contributed by atoms with Crippen LogP contribution in [0.4, 0.5) is 5.69 Å². The number of carbonyl (C=O) groups is 2. The third kappa shape index (κ3) is 2.17. The summed E-state index contributed by atoms with van der Waals surface area (Å²) >= 11 is 0. The van der Waals surface area contributed by atoms with E-state index >= 15 is 0 Å². The molecule has 0 bridgehead atoms. The summed E-state index contributed by atoms with van der Waals surface area (Å²) in [7, 11) is 1.65. The quantitative estimate of drug-likeness (QED) is 0.798. The maximum Gasteiger partial charge on any atom is 0.247 e. The predicted molar refractivity (Wildman–Crippen MR) is 110 cm³/mol. The monoisotopic (exact) mass is 397 g/mol. The third-order valence-corrected chi connectivity index (χ3v) is 6.33. The van der Waals surface area contributed by atoms with Crippen molar-refractivity contribution < 1.29 is 14.3 Å². The first-order valence-corrected chi connectivity index (χ1v) is 9.77. The second-order valence-electron chi connectivity index (χ2n) is 7.82. The Morgan fingerprint density at radius 3 is 2.53 bits per heavy atom. The molecule has 0 saturated carbocycles. The molecule has 30 heavy (non-hydrogen) atoms. The van der Waals surface area contributed by atoms with E-state index in [2.05, 4.69) is 6.07 Å². The minimum Gasteiger partial charge on any atom is -0.444 e. The Morgan fingerprint density at radius 1 is 1.10 bits per heavy atom. The van der Waals surface area contributed by atoms with Crippen molar-refractivity contribution in [1.82, 2.24) is 0 Å². The Kier molecular flexibility index (Phi) is 3.84. The van der Waals surface area contributed by atoms with E-state index in [-0.39, 0.29) is 41.1 Å². The average molecular weight is 397 g/mol. The number of hydrogen-bond acceptors (Lipinski definition) is 5. The molecule has 1 aliphatic carbocycles. The zero-order chi connectivity index (χ0) is 21.0. The fourth-order valence-electron chi connectivity index (χ4n) is 5.03. The summed E-state index contributed by atoms with van der Waals surface area (Å²) in [5.74, 6) is -0.351. The van der Waals surface area contributed by atoms with E-state index in [1.807, 2.05) is 42.5 Å². The Balaban J connectivity index is 1.76. The average Bonchev–Trinajstić information content (AvgIpc) is 2.97. The number of ketones is 1. The van der Waals surface area contributed by atoms with Gasteiger partial charge in [0.05, 0.1) is 5.57 Å². The molecule has 1 spiro atoms. The van der Waals surface area contributed by atoms with E-state index in [4.69, 9.17) is 10.5 Å². The lowest BCUT2D eigenvalue weighted by Gasteiger charge is -2.39. The van der Waals surface area contributed by atoms with Gasteiger partial charge in [-0.3, -0.25) is 9.59 Å². The van der Waals surface area contributed by atoms with Crippen LogP contribution in [0.25, 0.3) is 0 Å². The second-order valence-corrected chi connectivity index (χ2v) is 7.82. The summed E-state index contributed by atoms with van der Waals surface area (Å²) in [4.78, 5) is 28.7. The number of fused-ring (bicyclic) bond motifs is 3. The number of nitrogens with zero attached hydrogens (tertiary/aromatic N) is 2. The summed E-state index contributed by atoms with van der Waals surface area (Å²) < 4.78 is 5.82. The highest BCUT2D eigenvalue weighted by Crippen LogP contribution is 2.56. The van der Waals surface area contributed by atoms with Gasteiger partial charge in [-0.2, -0.15) is 5.26 Å². The number of amides is 1. The van der Waals surface area contributed by atoms with Gasteiger partial charge in [0.1, 0.15) is 22.8 Å². The maximum absolute atomic E-state index is 13.6. The van der Waals surface area contributed by atoms with Crippen LogP contribution in [-0.4, -0.2) is 18.7 Å². The second kappa shape index (κ2) is 6.33. The molecule has 2 aromatic carbocycles. The molecule has 6 heteroatoms. The van der Waals surface area contributed by atoms with Gasteiger partial charge in [-0.25, -0.2) is 0 Å². The van der Waals surface area contributed by atoms with Crippen molar-refractivity contribution in [3.63, 3.8) is 0 Å². The van der Waals surface area contributed by atoms with E-state index in [0.717, 1.165) is 5.56 Å². The first-order chi connectivity index (χ1) is 14.5. The molecule has 2 aliphatic heterocycles. The minimum absolute atomic E-state index is 0.0189. The Labute approximate surface area is 173 Å². The highest BCUT2D eigenvalue weighted by atomic mass is 16.5. The molecule has 2 aromatic rings. The summed E-state index contributed by atoms with van der Waals surface area (Å²) in [5, 5.41) is 9.95. The van der Waals surface area contributed by atoms with Crippen molar-refractivity contribution in [1.29, 1.82) is 5.26 Å². The van der Waals surface area contributed by atoms with Crippen LogP contribution in [0.1, 0.15) is 29.9 Å². The lowest BCUT2D eigenvalue weighted by atomic mass is 9.63. The largest absolute Gasteiger partial charge is 0.444 e. The fraction of sp³-hybridized carbons (Fsp3) is 0.208. The normalized spacial score (nSPS) is 25.2. The van der Waals surface area contributed by atoms with Crippen LogP contribution in [0.5, 0.6) is 0 Å². The Bertz CT molecular complexity index is 1210. The van der Waals surface area contributed by atoms with Crippen LogP contribution in [0.3, 0.4) is 0 Å². The topological polar surface area (TPSA) is 96.4 Å². The van der Waals surface area contributed by atoms with Crippen LogP contribution in [0, 0.1) is 11.3 Å². The molecule has 2 N–H and O–H groups in total. The number of hydrogen-bond donors (Lipinski definition) is 1. The number of para-hydroxylation sites is 1. The first-order valence-electron chi connectivity index (χ1n) is 9.77. The summed E-state index contributed by atoms with van der Waals surface area (Å²) in [5.41, 5.74) is 7.14. The van der Waals surface area contributed by atoms with E-state index in [1.54, 1.807) is 19.2 Å². The number of likely N-dealkylation sites (N-methyl/N-ethyl adjacent to an activating group) is 1. The summed E-state index contributed by atoms with van der Waals surface area (Å²) in [6, 6.07) is 19.0. The zero-order valence-corrected chi connectivity index (χ0v) is 16.4. The first kappa shape index (κ1) is 18.2. The van der Waals surface area contributed by atoms with Crippen molar-refractivity contribution in [3.05, 3.63) is 88.5 Å². The van der Waals surface area contributed by atoms with Crippen LogP contribution < -0.4 is 10.6 Å². The van der Waals surface area contributed by atoms with E-state index in [0.29, 0.717) is 23.4 Å². The van der Waals surface area contributed by atoms with Gasteiger partial charge in [-0.1, -0.05) is 48.5 Å². The number of allylic oxidation sites excluding steroid dienone is 1. The lowest BCUT2D eigenvalue weighted by Crippen LogP contribution is -2.48. The molecule has 148 valence electrons. The Hall–Kier alpha value is -3.85. The Morgan fingerprint density at radius 2 is 1.80 bits per heavy atom. The van der Waals surface area contributed by atoms with E-state index in [1.165, 1.54) is 4.90 Å². The number of ether oxygens (including phenoxy) is 1. The highest BCUT2D eigenvalue weighted by Gasteiger charge is 2.61. The number of rotatable bonds is 1.